The molecular formula is C35H41NO4. The number of hydrogen-bond acceptors (Lipinski definition) is 4. The lowest BCUT2D eigenvalue weighted by Gasteiger charge is -2.27. The Hall–Kier alpha value is -3.86. The second-order valence-corrected chi connectivity index (χ2v) is 12.5. The Bertz CT molecular complexity index is 1430. The minimum atomic E-state index is -0.768. The van der Waals surface area contributed by atoms with Gasteiger partial charge in [-0.05, 0) is 71.2 Å². The number of benzene rings is 3. The highest BCUT2D eigenvalue weighted by Gasteiger charge is 2.47. The van der Waals surface area contributed by atoms with Crippen molar-refractivity contribution in [1.29, 1.82) is 0 Å². The molecule has 5 heteroatoms. The van der Waals surface area contributed by atoms with Gasteiger partial charge in [-0.15, -0.1) is 0 Å². The average Bonchev–Trinajstić information content (AvgIpc) is 3.17. The largest absolute Gasteiger partial charge is 0.507 e. The van der Waals surface area contributed by atoms with E-state index in [2.05, 4.69) is 48.5 Å². The number of rotatable bonds is 6. The number of ether oxygens (including phenoxy) is 1. The molecule has 0 radical (unpaired) electrons. The van der Waals surface area contributed by atoms with Crippen molar-refractivity contribution < 1.29 is 19.4 Å². The van der Waals surface area contributed by atoms with Gasteiger partial charge in [0.2, 0.25) is 0 Å². The Kier molecular flexibility index (Phi) is 7.98. The number of aliphatic hydroxyl groups excluding tert-OH is 1. The summed E-state index contributed by atoms with van der Waals surface area (Å²) in [5.41, 5.74) is 4.80. The van der Waals surface area contributed by atoms with Crippen molar-refractivity contribution in [3.8, 4) is 5.75 Å². The molecule has 1 aliphatic rings. The van der Waals surface area contributed by atoms with E-state index in [0.717, 1.165) is 34.4 Å². The van der Waals surface area contributed by atoms with Gasteiger partial charge in [-0.1, -0.05) is 84.9 Å². The van der Waals surface area contributed by atoms with Crippen LogP contribution in [0.1, 0.15) is 89.2 Å². The van der Waals surface area contributed by atoms with Gasteiger partial charge in [0.15, 0.2) is 0 Å². The smallest absolute Gasteiger partial charge is 0.300 e. The highest BCUT2D eigenvalue weighted by molar-refractivity contribution is 6.51. The maximum absolute atomic E-state index is 13.7. The molecule has 1 amide bonds. The summed E-state index contributed by atoms with van der Waals surface area (Å²) in [7, 11) is 0. The fourth-order valence-corrected chi connectivity index (χ4v) is 5.17. The number of hydrogen-bond donors (Lipinski definition) is 1. The number of aryl methyl sites for hydroxylation is 1. The summed E-state index contributed by atoms with van der Waals surface area (Å²) < 4.78 is 5.86. The molecule has 1 N–H and O–H groups in total. The molecule has 0 aliphatic carbocycles. The van der Waals surface area contributed by atoms with Gasteiger partial charge in [0.05, 0.1) is 18.2 Å². The number of nitrogens with zero attached hydrogens (tertiary/aromatic N) is 1. The molecule has 1 saturated heterocycles. The van der Waals surface area contributed by atoms with E-state index in [9.17, 15) is 14.7 Å². The monoisotopic (exact) mass is 539 g/mol. The van der Waals surface area contributed by atoms with Crippen LogP contribution >= 0.6 is 0 Å². The van der Waals surface area contributed by atoms with Crippen LogP contribution in [0.3, 0.4) is 0 Å². The quantitative estimate of drug-likeness (QED) is 0.197. The lowest BCUT2D eigenvalue weighted by molar-refractivity contribution is -0.132. The van der Waals surface area contributed by atoms with Gasteiger partial charge in [0.1, 0.15) is 11.5 Å². The Morgan fingerprint density at radius 2 is 1.48 bits per heavy atom. The SMILES string of the molecule is CCOc1ccc(/C(O)=C2/C(=O)C(=O)N(c3ccc(C(C)(C)C)cc3)C2c2ccc(CC)cc2)cc1C(C)(C)C. The Labute approximate surface area is 238 Å². The summed E-state index contributed by atoms with van der Waals surface area (Å²) in [5.74, 6) is -0.812. The summed E-state index contributed by atoms with van der Waals surface area (Å²) in [6.07, 6.45) is 0.872. The van der Waals surface area contributed by atoms with Crippen LogP contribution in [0.25, 0.3) is 5.76 Å². The van der Waals surface area contributed by atoms with Crippen molar-refractivity contribution >= 4 is 23.1 Å². The van der Waals surface area contributed by atoms with Crippen LogP contribution < -0.4 is 9.64 Å². The first-order valence-electron chi connectivity index (χ1n) is 14.1. The van der Waals surface area contributed by atoms with Crippen molar-refractivity contribution in [3.05, 3.63) is 100 Å². The summed E-state index contributed by atoms with van der Waals surface area (Å²) in [5, 5.41) is 11.7. The molecule has 3 aromatic carbocycles. The Balaban J connectivity index is 1.92. The van der Waals surface area contributed by atoms with Gasteiger partial charge in [0, 0.05) is 16.8 Å². The van der Waals surface area contributed by atoms with Crippen LogP contribution in [-0.2, 0) is 26.8 Å². The number of carbonyl (C=O) groups excluding carboxylic acids is 2. The van der Waals surface area contributed by atoms with Crippen molar-refractivity contribution in [1.82, 2.24) is 0 Å². The third kappa shape index (κ3) is 5.56. The van der Waals surface area contributed by atoms with Crippen LogP contribution in [0, 0.1) is 0 Å². The molecule has 1 atom stereocenters. The molecule has 4 rings (SSSR count). The highest BCUT2D eigenvalue weighted by atomic mass is 16.5. The molecule has 1 fully saturated rings. The van der Waals surface area contributed by atoms with E-state index in [-0.39, 0.29) is 22.2 Å². The van der Waals surface area contributed by atoms with E-state index in [0.29, 0.717) is 17.9 Å². The topological polar surface area (TPSA) is 66.8 Å². The molecule has 1 heterocycles. The molecule has 1 unspecified atom stereocenters. The van der Waals surface area contributed by atoms with Crippen molar-refractivity contribution in [2.24, 2.45) is 0 Å². The van der Waals surface area contributed by atoms with Gasteiger partial charge in [0.25, 0.3) is 11.7 Å². The fraction of sp³-hybridized carbons (Fsp3) is 0.371. The van der Waals surface area contributed by atoms with Gasteiger partial charge < -0.3 is 9.84 Å². The predicted octanol–water partition coefficient (Wildman–Crippen LogP) is 7.87. The first kappa shape index (κ1) is 29.1. The van der Waals surface area contributed by atoms with Crippen LogP contribution in [0.15, 0.2) is 72.3 Å². The van der Waals surface area contributed by atoms with Crippen molar-refractivity contribution in [3.63, 3.8) is 0 Å². The second-order valence-electron chi connectivity index (χ2n) is 12.5. The zero-order valence-electron chi connectivity index (χ0n) is 25.0. The Morgan fingerprint density at radius 3 is 2.00 bits per heavy atom. The maximum Gasteiger partial charge on any atom is 0.300 e. The van der Waals surface area contributed by atoms with Crippen molar-refractivity contribution in [2.45, 2.75) is 78.7 Å². The fourth-order valence-electron chi connectivity index (χ4n) is 5.17. The van der Waals surface area contributed by atoms with Crippen LogP contribution in [0.2, 0.25) is 0 Å². The lowest BCUT2D eigenvalue weighted by Crippen LogP contribution is -2.29. The maximum atomic E-state index is 13.7. The molecular weight excluding hydrogens is 498 g/mol. The van der Waals surface area contributed by atoms with Gasteiger partial charge >= 0.3 is 0 Å². The van der Waals surface area contributed by atoms with Crippen LogP contribution in [0.4, 0.5) is 5.69 Å². The van der Waals surface area contributed by atoms with E-state index in [1.807, 2.05) is 67.6 Å². The number of ketones is 1. The van der Waals surface area contributed by atoms with E-state index in [1.54, 1.807) is 6.07 Å². The standard InChI is InChI=1S/C35H41NO4/c1-9-22-11-13-23(14-12-22)30-29(31(37)24-15-20-28(40-10-2)27(21-24)35(6,7)8)32(38)33(39)36(30)26-18-16-25(17-19-26)34(3,4)5/h11-21,30,37H,9-10H2,1-8H3/b31-29-. The summed E-state index contributed by atoms with van der Waals surface area (Å²) >= 11 is 0. The minimum absolute atomic E-state index is 0.0551. The number of amides is 1. The lowest BCUT2D eigenvalue weighted by atomic mass is 9.84. The normalized spacial score (nSPS) is 17.4. The molecule has 0 bridgehead atoms. The zero-order valence-corrected chi connectivity index (χ0v) is 25.0. The van der Waals surface area contributed by atoms with Crippen LogP contribution in [0.5, 0.6) is 5.75 Å². The number of aliphatic hydroxyl groups is 1. The molecule has 0 spiro atoms. The van der Waals surface area contributed by atoms with Gasteiger partial charge in [-0.2, -0.15) is 0 Å². The molecule has 210 valence electrons. The number of Topliss-reactive ketones (excluding diaryl/α,β-unsaturated/α-hetero) is 1. The van der Waals surface area contributed by atoms with Gasteiger partial charge in [-0.25, -0.2) is 0 Å². The molecule has 40 heavy (non-hydrogen) atoms. The van der Waals surface area contributed by atoms with E-state index < -0.39 is 17.7 Å². The summed E-state index contributed by atoms with van der Waals surface area (Å²) in [6.45, 7) is 17.1. The molecule has 0 aromatic heterocycles. The Morgan fingerprint density at radius 1 is 0.850 bits per heavy atom. The van der Waals surface area contributed by atoms with Crippen LogP contribution in [-0.4, -0.2) is 23.4 Å². The van der Waals surface area contributed by atoms with E-state index >= 15 is 0 Å². The molecule has 0 saturated carbocycles. The first-order valence-corrected chi connectivity index (χ1v) is 14.1. The summed E-state index contributed by atoms with van der Waals surface area (Å²) in [4.78, 5) is 28.8. The highest BCUT2D eigenvalue weighted by Crippen LogP contribution is 2.43. The van der Waals surface area contributed by atoms with Crippen molar-refractivity contribution in [2.75, 3.05) is 11.5 Å². The third-order valence-electron chi connectivity index (χ3n) is 7.52. The van der Waals surface area contributed by atoms with E-state index in [4.69, 9.17) is 4.74 Å². The molecule has 3 aromatic rings. The number of anilines is 1. The van der Waals surface area contributed by atoms with E-state index in [1.165, 1.54) is 4.90 Å². The third-order valence-corrected chi connectivity index (χ3v) is 7.52. The minimum Gasteiger partial charge on any atom is -0.507 e. The molecule has 1 aliphatic heterocycles. The first-order chi connectivity index (χ1) is 18.8. The zero-order chi connectivity index (χ0) is 29.4. The molecule has 5 nitrogen and oxygen atoms in total. The number of carbonyl (C=O) groups is 2. The van der Waals surface area contributed by atoms with Gasteiger partial charge in [-0.3, -0.25) is 14.5 Å². The summed E-state index contributed by atoms with van der Waals surface area (Å²) in [6, 6.07) is 20.3. The second kappa shape index (κ2) is 11.0. The predicted molar refractivity (Wildman–Crippen MR) is 162 cm³/mol. The average molecular weight is 540 g/mol.